The Labute approximate surface area is 89.3 Å². The van der Waals surface area contributed by atoms with Gasteiger partial charge in [-0.3, -0.25) is 0 Å². The number of hydrogen-bond acceptors (Lipinski definition) is 2. The average Bonchev–Trinajstić information content (AvgIpc) is 2.21. The zero-order valence-electron chi connectivity index (χ0n) is 10.3. The molecule has 1 aliphatic heterocycles. The van der Waals surface area contributed by atoms with Gasteiger partial charge in [-0.2, -0.15) is 0 Å². The molecule has 2 heteroatoms. The van der Waals surface area contributed by atoms with E-state index in [4.69, 9.17) is 0 Å². The first-order valence-electron chi connectivity index (χ1n) is 6.00. The van der Waals surface area contributed by atoms with E-state index in [0.717, 1.165) is 0 Å². The second kappa shape index (κ2) is 5.13. The molecule has 0 radical (unpaired) electrons. The zero-order valence-corrected chi connectivity index (χ0v) is 10.3. The van der Waals surface area contributed by atoms with E-state index >= 15 is 0 Å². The van der Waals surface area contributed by atoms with Gasteiger partial charge >= 0.3 is 0 Å². The highest BCUT2D eigenvalue weighted by Crippen LogP contribution is 2.26. The molecule has 0 amide bonds. The van der Waals surface area contributed by atoms with Crippen LogP contribution in [0.25, 0.3) is 0 Å². The van der Waals surface area contributed by atoms with Crippen molar-refractivity contribution >= 4 is 0 Å². The lowest BCUT2D eigenvalue weighted by molar-refractivity contribution is 0.0987. The molecule has 14 heavy (non-hydrogen) atoms. The first-order chi connectivity index (χ1) is 6.59. The molecule has 0 aromatic rings. The fourth-order valence-corrected chi connectivity index (χ4v) is 2.02. The van der Waals surface area contributed by atoms with Gasteiger partial charge in [-0.25, -0.2) is 0 Å². The van der Waals surface area contributed by atoms with Crippen LogP contribution in [0.3, 0.4) is 0 Å². The topological polar surface area (TPSA) is 6.48 Å². The SMILES string of the molecule is CCC(C)(CC)CN1CCN(C)CC1. The third kappa shape index (κ3) is 3.25. The molecular formula is C12H26N2. The molecule has 0 saturated carbocycles. The van der Waals surface area contributed by atoms with Crippen molar-refractivity contribution in [2.45, 2.75) is 33.6 Å². The van der Waals surface area contributed by atoms with Crippen molar-refractivity contribution in [3.8, 4) is 0 Å². The third-order valence-corrected chi connectivity index (χ3v) is 3.91. The summed E-state index contributed by atoms with van der Waals surface area (Å²) in [4.78, 5) is 5.05. The average molecular weight is 198 g/mol. The summed E-state index contributed by atoms with van der Waals surface area (Å²) in [5.74, 6) is 0. The smallest absolute Gasteiger partial charge is 0.0110 e. The van der Waals surface area contributed by atoms with E-state index in [9.17, 15) is 0 Å². The van der Waals surface area contributed by atoms with Gasteiger partial charge in [0.25, 0.3) is 0 Å². The summed E-state index contributed by atoms with van der Waals surface area (Å²) in [5.41, 5.74) is 0.538. The minimum Gasteiger partial charge on any atom is -0.304 e. The highest BCUT2D eigenvalue weighted by Gasteiger charge is 2.24. The Morgan fingerprint density at radius 1 is 1.00 bits per heavy atom. The van der Waals surface area contributed by atoms with Crippen LogP contribution in [-0.4, -0.2) is 49.6 Å². The second-order valence-electron chi connectivity index (χ2n) is 5.10. The fourth-order valence-electron chi connectivity index (χ4n) is 2.02. The van der Waals surface area contributed by atoms with Crippen LogP contribution in [0.15, 0.2) is 0 Å². The van der Waals surface area contributed by atoms with Crippen molar-refractivity contribution < 1.29 is 0 Å². The third-order valence-electron chi connectivity index (χ3n) is 3.91. The van der Waals surface area contributed by atoms with Gasteiger partial charge in [0.05, 0.1) is 0 Å². The van der Waals surface area contributed by atoms with E-state index < -0.39 is 0 Å². The molecule has 0 atom stereocenters. The zero-order chi connectivity index (χ0) is 10.6. The maximum atomic E-state index is 2.63. The van der Waals surface area contributed by atoms with Gasteiger partial charge in [0.1, 0.15) is 0 Å². The molecule has 0 aromatic heterocycles. The van der Waals surface area contributed by atoms with Crippen LogP contribution in [0.5, 0.6) is 0 Å². The number of likely N-dealkylation sites (N-methyl/N-ethyl adjacent to an activating group) is 1. The van der Waals surface area contributed by atoms with Crippen molar-refractivity contribution in [3.63, 3.8) is 0 Å². The lowest BCUT2D eigenvalue weighted by atomic mass is 9.84. The van der Waals surface area contributed by atoms with Gasteiger partial charge in [-0.05, 0) is 25.3 Å². The van der Waals surface area contributed by atoms with Gasteiger partial charge in [0.2, 0.25) is 0 Å². The Morgan fingerprint density at radius 3 is 1.93 bits per heavy atom. The van der Waals surface area contributed by atoms with Crippen molar-refractivity contribution in [2.75, 3.05) is 39.8 Å². The van der Waals surface area contributed by atoms with Crippen molar-refractivity contribution in [3.05, 3.63) is 0 Å². The molecule has 0 bridgehead atoms. The van der Waals surface area contributed by atoms with Crippen LogP contribution in [0.2, 0.25) is 0 Å². The van der Waals surface area contributed by atoms with Crippen LogP contribution < -0.4 is 0 Å². The lowest BCUT2D eigenvalue weighted by Crippen LogP contribution is -2.47. The number of piperazine rings is 1. The van der Waals surface area contributed by atoms with Gasteiger partial charge < -0.3 is 9.80 Å². The number of nitrogens with zero attached hydrogens (tertiary/aromatic N) is 2. The Hall–Kier alpha value is -0.0800. The van der Waals surface area contributed by atoms with E-state index in [1.165, 1.54) is 45.6 Å². The van der Waals surface area contributed by atoms with Crippen molar-refractivity contribution in [2.24, 2.45) is 5.41 Å². The van der Waals surface area contributed by atoms with Crippen LogP contribution in [-0.2, 0) is 0 Å². The van der Waals surface area contributed by atoms with E-state index in [1.54, 1.807) is 0 Å². The van der Waals surface area contributed by atoms with E-state index in [2.05, 4.69) is 37.6 Å². The van der Waals surface area contributed by atoms with Crippen LogP contribution in [0.1, 0.15) is 33.6 Å². The Morgan fingerprint density at radius 2 is 1.50 bits per heavy atom. The van der Waals surface area contributed by atoms with E-state index in [-0.39, 0.29) is 0 Å². The molecule has 1 rings (SSSR count). The normalized spacial score (nSPS) is 21.4. The van der Waals surface area contributed by atoms with Gasteiger partial charge in [-0.15, -0.1) is 0 Å². The molecule has 1 aliphatic rings. The summed E-state index contributed by atoms with van der Waals surface area (Å²) < 4.78 is 0. The molecule has 0 unspecified atom stereocenters. The molecule has 0 spiro atoms. The largest absolute Gasteiger partial charge is 0.304 e. The summed E-state index contributed by atoms with van der Waals surface area (Å²) in [6.07, 6.45) is 2.60. The second-order valence-corrected chi connectivity index (χ2v) is 5.10. The summed E-state index contributed by atoms with van der Waals surface area (Å²) in [7, 11) is 2.22. The first kappa shape index (κ1) is 12.0. The van der Waals surface area contributed by atoms with Crippen molar-refractivity contribution in [1.82, 2.24) is 9.80 Å². The van der Waals surface area contributed by atoms with E-state index in [0.29, 0.717) is 5.41 Å². The molecule has 0 aromatic carbocycles. The molecule has 1 heterocycles. The predicted octanol–water partition coefficient (Wildman–Crippen LogP) is 2.06. The summed E-state index contributed by atoms with van der Waals surface area (Å²) in [5, 5.41) is 0. The van der Waals surface area contributed by atoms with Gasteiger partial charge in [-0.1, -0.05) is 20.8 Å². The lowest BCUT2D eigenvalue weighted by Gasteiger charge is -2.38. The predicted molar refractivity (Wildman–Crippen MR) is 62.6 cm³/mol. The Bertz CT molecular complexity index is 156. The Balaban J connectivity index is 2.36. The molecule has 2 nitrogen and oxygen atoms in total. The molecule has 1 fully saturated rings. The number of rotatable bonds is 4. The molecule has 0 N–H and O–H groups in total. The van der Waals surface area contributed by atoms with Gasteiger partial charge in [0.15, 0.2) is 0 Å². The maximum absolute atomic E-state index is 2.63. The molecule has 84 valence electrons. The summed E-state index contributed by atoms with van der Waals surface area (Å²) in [6.45, 7) is 13.3. The first-order valence-corrected chi connectivity index (χ1v) is 6.00. The highest BCUT2D eigenvalue weighted by atomic mass is 15.2. The highest BCUT2D eigenvalue weighted by molar-refractivity contribution is 4.78. The quantitative estimate of drug-likeness (QED) is 0.682. The van der Waals surface area contributed by atoms with Crippen LogP contribution in [0.4, 0.5) is 0 Å². The minimum atomic E-state index is 0.538. The maximum Gasteiger partial charge on any atom is 0.0110 e. The number of hydrogen-bond donors (Lipinski definition) is 0. The monoisotopic (exact) mass is 198 g/mol. The Kier molecular flexibility index (Phi) is 4.39. The van der Waals surface area contributed by atoms with E-state index in [1.807, 2.05) is 0 Å². The summed E-state index contributed by atoms with van der Waals surface area (Å²) in [6, 6.07) is 0. The standard InChI is InChI=1S/C12H26N2/c1-5-12(3,6-2)11-14-9-7-13(4)8-10-14/h5-11H2,1-4H3. The van der Waals surface area contributed by atoms with Gasteiger partial charge in [0, 0.05) is 32.7 Å². The van der Waals surface area contributed by atoms with Crippen molar-refractivity contribution in [1.29, 1.82) is 0 Å². The fraction of sp³-hybridized carbons (Fsp3) is 1.00. The molecule has 0 aliphatic carbocycles. The molecular weight excluding hydrogens is 172 g/mol. The minimum absolute atomic E-state index is 0.538. The molecule has 1 saturated heterocycles. The van der Waals surface area contributed by atoms with Crippen LogP contribution >= 0.6 is 0 Å². The van der Waals surface area contributed by atoms with Crippen LogP contribution in [0, 0.1) is 5.41 Å². The summed E-state index contributed by atoms with van der Waals surface area (Å²) >= 11 is 0.